The van der Waals surface area contributed by atoms with Gasteiger partial charge in [-0.3, -0.25) is 23.9 Å². The van der Waals surface area contributed by atoms with E-state index in [-0.39, 0.29) is 52.2 Å². The molecule has 0 atom stereocenters. The fourth-order valence-electron chi connectivity index (χ4n) is 5.37. The topological polar surface area (TPSA) is 117 Å². The lowest BCUT2D eigenvalue weighted by Crippen LogP contribution is -2.48. The molecule has 1 saturated heterocycles. The van der Waals surface area contributed by atoms with Crippen LogP contribution in [0.2, 0.25) is 0 Å². The first-order valence-electron chi connectivity index (χ1n) is 13.4. The van der Waals surface area contributed by atoms with Crippen molar-refractivity contribution in [2.24, 2.45) is 11.8 Å². The maximum atomic E-state index is 13.7. The molecule has 4 rings (SSSR count). The lowest BCUT2D eigenvalue weighted by Gasteiger charge is -2.34. The largest absolute Gasteiger partial charge is 0.353 e. The molecule has 3 heterocycles. The first kappa shape index (κ1) is 26.1. The van der Waals surface area contributed by atoms with Crippen LogP contribution >= 0.6 is 0 Å². The maximum absolute atomic E-state index is 13.7. The summed E-state index contributed by atoms with van der Waals surface area (Å²) in [5, 5.41) is 3.37. The SMILES string of the molecule is CC(C)Cn1c(=O)[nH]c(=O)c2c(C(=O)N3CCC(NC(=O)C4CCCCC4)CC3)cc(C(C)C)nc21. The fourth-order valence-corrected chi connectivity index (χ4v) is 5.37. The molecular formula is C27H39N5O4. The highest BCUT2D eigenvalue weighted by Crippen LogP contribution is 2.25. The number of hydrogen-bond acceptors (Lipinski definition) is 5. The van der Waals surface area contributed by atoms with Gasteiger partial charge in [0.15, 0.2) is 5.65 Å². The van der Waals surface area contributed by atoms with Gasteiger partial charge >= 0.3 is 5.69 Å². The highest BCUT2D eigenvalue weighted by Gasteiger charge is 2.30. The number of pyridine rings is 1. The van der Waals surface area contributed by atoms with Crippen molar-refractivity contribution < 1.29 is 9.59 Å². The van der Waals surface area contributed by atoms with E-state index >= 15 is 0 Å². The summed E-state index contributed by atoms with van der Waals surface area (Å²) < 4.78 is 1.47. The number of rotatable bonds is 6. The van der Waals surface area contributed by atoms with Crippen molar-refractivity contribution >= 4 is 22.8 Å². The zero-order chi connectivity index (χ0) is 26.0. The van der Waals surface area contributed by atoms with Crippen molar-refractivity contribution in [2.45, 2.75) is 91.1 Å². The van der Waals surface area contributed by atoms with Crippen molar-refractivity contribution in [3.63, 3.8) is 0 Å². The number of aromatic amines is 1. The summed E-state index contributed by atoms with van der Waals surface area (Å²) in [6.45, 7) is 9.30. The van der Waals surface area contributed by atoms with Gasteiger partial charge in [-0.15, -0.1) is 0 Å². The van der Waals surface area contributed by atoms with Crippen LogP contribution in [-0.2, 0) is 11.3 Å². The predicted molar refractivity (Wildman–Crippen MR) is 139 cm³/mol. The van der Waals surface area contributed by atoms with Crippen molar-refractivity contribution in [3.8, 4) is 0 Å². The van der Waals surface area contributed by atoms with Crippen LogP contribution in [0.4, 0.5) is 0 Å². The van der Waals surface area contributed by atoms with Crippen LogP contribution in [-0.4, -0.2) is 50.4 Å². The Kier molecular flexibility index (Phi) is 7.95. The van der Waals surface area contributed by atoms with Gasteiger partial charge in [0, 0.05) is 37.3 Å². The van der Waals surface area contributed by atoms with Crippen LogP contribution in [0.5, 0.6) is 0 Å². The summed E-state index contributed by atoms with van der Waals surface area (Å²) in [5.41, 5.74) is 0.120. The first-order chi connectivity index (χ1) is 17.2. The molecule has 2 fully saturated rings. The van der Waals surface area contributed by atoms with Crippen LogP contribution in [0.3, 0.4) is 0 Å². The molecule has 2 aliphatic rings. The van der Waals surface area contributed by atoms with E-state index in [9.17, 15) is 19.2 Å². The Morgan fingerprint density at radius 1 is 1.06 bits per heavy atom. The van der Waals surface area contributed by atoms with Gasteiger partial charge in [-0.05, 0) is 43.6 Å². The second-order valence-electron chi connectivity index (χ2n) is 11.1. The van der Waals surface area contributed by atoms with Gasteiger partial charge in [0.25, 0.3) is 11.5 Å². The highest BCUT2D eigenvalue weighted by atomic mass is 16.2. The van der Waals surface area contributed by atoms with Crippen LogP contribution < -0.4 is 16.6 Å². The number of aromatic nitrogens is 3. The average molecular weight is 498 g/mol. The molecule has 0 aromatic carbocycles. The number of piperidine rings is 1. The van der Waals surface area contributed by atoms with Crippen LogP contribution in [0.15, 0.2) is 15.7 Å². The van der Waals surface area contributed by atoms with Crippen LogP contribution in [0.1, 0.15) is 94.6 Å². The molecule has 9 heteroatoms. The molecule has 0 radical (unpaired) electrons. The van der Waals surface area contributed by atoms with E-state index < -0.39 is 11.2 Å². The van der Waals surface area contributed by atoms with Crippen molar-refractivity contribution in [1.82, 2.24) is 24.8 Å². The number of likely N-dealkylation sites (tertiary alicyclic amines) is 1. The Bertz CT molecular complexity index is 1230. The van der Waals surface area contributed by atoms with E-state index in [2.05, 4.69) is 15.3 Å². The minimum Gasteiger partial charge on any atom is -0.353 e. The molecule has 0 unspecified atom stereocenters. The maximum Gasteiger partial charge on any atom is 0.330 e. The van der Waals surface area contributed by atoms with Crippen molar-refractivity contribution in [3.05, 3.63) is 38.2 Å². The first-order valence-corrected chi connectivity index (χ1v) is 13.4. The predicted octanol–water partition coefficient (Wildman–Crippen LogP) is 3.17. The average Bonchev–Trinajstić information content (AvgIpc) is 2.86. The summed E-state index contributed by atoms with van der Waals surface area (Å²) in [6, 6.07) is 1.76. The molecule has 1 saturated carbocycles. The third kappa shape index (κ3) is 5.55. The number of H-pyrrole nitrogens is 1. The van der Waals surface area contributed by atoms with Gasteiger partial charge in [0.1, 0.15) is 0 Å². The molecule has 0 spiro atoms. The van der Waals surface area contributed by atoms with Crippen LogP contribution in [0, 0.1) is 11.8 Å². The number of nitrogens with zero attached hydrogens (tertiary/aromatic N) is 3. The van der Waals surface area contributed by atoms with E-state index in [0.717, 1.165) is 25.7 Å². The quantitative estimate of drug-likeness (QED) is 0.636. The third-order valence-electron chi connectivity index (χ3n) is 7.44. The Labute approximate surface area is 211 Å². The van der Waals surface area contributed by atoms with Crippen molar-refractivity contribution in [1.29, 1.82) is 0 Å². The zero-order valence-corrected chi connectivity index (χ0v) is 21.9. The lowest BCUT2D eigenvalue weighted by atomic mass is 9.88. The van der Waals surface area contributed by atoms with Crippen molar-refractivity contribution in [2.75, 3.05) is 13.1 Å². The number of fused-ring (bicyclic) bond motifs is 1. The zero-order valence-electron chi connectivity index (χ0n) is 21.9. The third-order valence-corrected chi connectivity index (χ3v) is 7.44. The Hall–Kier alpha value is -2.97. The van der Waals surface area contributed by atoms with Gasteiger partial charge in [0.2, 0.25) is 5.91 Å². The molecule has 2 N–H and O–H groups in total. The molecule has 9 nitrogen and oxygen atoms in total. The monoisotopic (exact) mass is 497 g/mol. The molecule has 2 aromatic rings. The summed E-state index contributed by atoms with van der Waals surface area (Å²) in [6.07, 6.45) is 6.74. The number of carbonyl (C=O) groups is 2. The Balaban J connectivity index is 1.58. The number of nitrogens with one attached hydrogen (secondary N) is 2. The van der Waals surface area contributed by atoms with E-state index in [1.54, 1.807) is 11.0 Å². The number of hydrogen-bond donors (Lipinski definition) is 2. The number of amides is 2. The fraction of sp³-hybridized carbons (Fsp3) is 0.667. The molecule has 196 valence electrons. The normalized spacial score (nSPS) is 17.8. The van der Waals surface area contributed by atoms with Gasteiger partial charge < -0.3 is 10.2 Å². The van der Waals surface area contributed by atoms with E-state index in [0.29, 0.717) is 38.2 Å². The van der Waals surface area contributed by atoms with Gasteiger partial charge in [-0.25, -0.2) is 9.78 Å². The molecule has 1 aliphatic heterocycles. The second kappa shape index (κ2) is 11.0. The Morgan fingerprint density at radius 3 is 2.33 bits per heavy atom. The summed E-state index contributed by atoms with van der Waals surface area (Å²) >= 11 is 0. The molecule has 0 bridgehead atoms. The minimum absolute atomic E-state index is 0.0172. The van der Waals surface area contributed by atoms with Gasteiger partial charge in [-0.2, -0.15) is 0 Å². The Morgan fingerprint density at radius 2 is 1.72 bits per heavy atom. The summed E-state index contributed by atoms with van der Waals surface area (Å²) in [4.78, 5) is 60.7. The highest BCUT2D eigenvalue weighted by molar-refractivity contribution is 6.05. The molecule has 2 aromatic heterocycles. The second-order valence-corrected chi connectivity index (χ2v) is 11.1. The number of carbonyl (C=O) groups excluding carboxylic acids is 2. The lowest BCUT2D eigenvalue weighted by molar-refractivity contribution is -0.126. The summed E-state index contributed by atoms with van der Waals surface area (Å²) in [5.74, 6) is 0.204. The minimum atomic E-state index is -0.587. The summed E-state index contributed by atoms with van der Waals surface area (Å²) in [7, 11) is 0. The van der Waals surface area contributed by atoms with Gasteiger partial charge in [-0.1, -0.05) is 47.0 Å². The van der Waals surface area contributed by atoms with E-state index in [1.807, 2.05) is 27.7 Å². The smallest absolute Gasteiger partial charge is 0.330 e. The van der Waals surface area contributed by atoms with Crippen LogP contribution in [0.25, 0.3) is 11.0 Å². The molecule has 2 amide bonds. The van der Waals surface area contributed by atoms with E-state index in [1.165, 1.54) is 11.0 Å². The van der Waals surface area contributed by atoms with Gasteiger partial charge in [0.05, 0.1) is 10.9 Å². The molecular weight excluding hydrogens is 458 g/mol. The standard InChI is InChI=1S/C27H39N5O4/c1-16(2)15-32-23-22(25(34)30-27(32)36)20(14-21(29-23)17(3)4)26(35)31-12-10-19(11-13-31)28-24(33)18-8-6-5-7-9-18/h14,16-19H,5-13,15H2,1-4H3,(H,28,33)(H,30,34,36). The molecule has 36 heavy (non-hydrogen) atoms. The molecule has 1 aliphatic carbocycles. The van der Waals surface area contributed by atoms with E-state index in [4.69, 9.17) is 0 Å².